The second-order valence-electron chi connectivity index (χ2n) is 6.48. The van der Waals surface area contributed by atoms with Crippen LogP contribution in [0.15, 0.2) is 54.9 Å². The Morgan fingerprint density at radius 1 is 1.15 bits per heavy atom. The van der Waals surface area contributed by atoms with Gasteiger partial charge in [-0.15, -0.1) is 0 Å². The van der Waals surface area contributed by atoms with Crippen LogP contribution in [0.2, 0.25) is 0 Å². The Balaban J connectivity index is 2.09. The zero-order valence-electron chi connectivity index (χ0n) is 16.1. The second kappa shape index (κ2) is 8.84. The predicted octanol–water partition coefficient (Wildman–Crippen LogP) is 3.93. The zero-order valence-corrected chi connectivity index (χ0v) is 16.1. The van der Waals surface area contributed by atoms with Crippen LogP contribution in [0.3, 0.4) is 0 Å². The molecule has 0 aliphatic carbocycles. The van der Waals surface area contributed by atoms with Gasteiger partial charge in [-0.05, 0) is 31.5 Å². The Morgan fingerprint density at radius 3 is 2.63 bits per heavy atom. The lowest BCUT2D eigenvalue weighted by atomic mass is 10.0. The summed E-state index contributed by atoms with van der Waals surface area (Å²) in [4.78, 5) is 4.65. The van der Waals surface area contributed by atoms with Gasteiger partial charge in [-0.2, -0.15) is 0 Å². The van der Waals surface area contributed by atoms with E-state index in [2.05, 4.69) is 11.1 Å². The van der Waals surface area contributed by atoms with Gasteiger partial charge in [-0.3, -0.25) is 0 Å². The molecule has 5 nitrogen and oxygen atoms in total. The van der Waals surface area contributed by atoms with Crippen molar-refractivity contribution in [2.75, 3.05) is 20.3 Å². The lowest BCUT2D eigenvalue weighted by Crippen LogP contribution is -2.22. The van der Waals surface area contributed by atoms with Crippen LogP contribution in [0.25, 0.3) is 22.5 Å². The average Bonchev–Trinajstić information content (AvgIpc) is 3.10. The Bertz CT molecular complexity index is 875. The van der Waals surface area contributed by atoms with E-state index in [4.69, 9.17) is 9.47 Å². The topological polar surface area (TPSA) is 56.5 Å². The molecule has 0 aliphatic rings. The molecule has 1 heterocycles. The Hall–Kier alpha value is -2.63. The van der Waals surface area contributed by atoms with Crippen LogP contribution in [0, 0.1) is 6.92 Å². The van der Waals surface area contributed by atoms with Gasteiger partial charge in [0.25, 0.3) is 0 Å². The fourth-order valence-corrected chi connectivity index (χ4v) is 3.14. The molecule has 0 spiro atoms. The van der Waals surface area contributed by atoms with E-state index in [1.165, 1.54) is 0 Å². The number of nitrogens with zero attached hydrogens (tertiary/aromatic N) is 2. The summed E-state index contributed by atoms with van der Waals surface area (Å²) in [6, 6.07) is 16.2. The van der Waals surface area contributed by atoms with Crippen LogP contribution in [0.5, 0.6) is 5.75 Å². The predicted molar refractivity (Wildman–Crippen MR) is 107 cm³/mol. The molecule has 0 fully saturated rings. The van der Waals surface area contributed by atoms with E-state index in [9.17, 15) is 5.11 Å². The molecule has 1 aromatic heterocycles. The van der Waals surface area contributed by atoms with Crippen molar-refractivity contribution in [2.45, 2.75) is 26.5 Å². The molecule has 0 unspecified atom stereocenters. The molecule has 5 heteroatoms. The monoisotopic (exact) mass is 366 g/mol. The highest BCUT2D eigenvalue weighted by Gasteiger charge is 2.20. The highest BCUT2D eigenvalue weighted by molar-refractivity contribution is 5.82. The maximum Gasteiger partial charge on any atom is 0.128 e. The molecule has 142 valence electrons. The number of ether oxygens (including phenoxy) is 2. The third-order valence-electron chi connectivity index (χ3n) is 4.42. The first-order valence-electron chi connectivity index (χ1n) is 9.15. The Morgan fingerprint density at radius 2 is 1.93 bits per heavy atom. The van der Waals surface area contributed by atoms with Crippen LogP contribution in [-0.2, 0) is 11.3 Å². The van der Waals surface area contributed by atoms with Gasteiger partial charge in [0.1, 0.15) is 5.75 Å². The first-order valence-corrected chi connectivity index (χ1v) is 9.15. The number of hydrogen-bond acceptors (Lipinski definition) is 4. The van der Waals surface area contributed by atoms with Crippen molar-refractivity contribution in [1.82, 2.24) is 9.55 Å². The summed E-state index contributed by atoms with van der Waals surface area (Å²) >= 11 is 0. The molecule has 0 saturated carbocycles. The van der Waals surface area contributed by atoms with Crippen LogP contribution >= 0.6 is 0 Å². The van der Waals surface area contributed by atoms with Crippen LogP contribution in [0.4, 0.5) is 0 Å². The van der Waals surface area contributed by atoms with Crippen molar-refractivity contribution in [1.29, 1.82) is 0 Å². The van der Waals surface area contributed by atoms with Crippen molar-refractivity contribution >= 4 is 0 Å². The highest BCUT2D eigenvalue weighted by atomic mass is 16.5. The zero-order chi connectivity index (χ0) is 19.2. The summed E-state index contributed by atoms with van der Waals surface area (Å²) in [5.74, 6) is 0.785. The summed E-state index contributed by atoms with van der Waals surface area (Å²) in [6.45, 7) is 5.22. The lowest BCUT2D eigenvalue weighted by Gasteiger charge is -2.17. The molecule has 0 aliphatic heterocycles. The number of aliphatic hydroxyl groups is 1. The smallest absolute Gasteiger partial charge is 0.128 e. The van der Waals surface area contributed by atoms with Gasteiger partial charge in [0.15, 0.2) is 0 Å². The van der Waals surface area contributed by atoms with Gasteiger partial charge in [0.2, 0.25) is 0 Å². The second-order valence-corrected chi connectivity index (χ2v) is 6.48. The van der Waals surface area contributed by atoms with Crippen molar-refractivity contribution in [2.24, 2.45) is 0 Å². The van der Waals surface area contributed by atoms with Crippen LogP contribution in [-0.4, -0.2) is 41.1 Å². The van der Waals surface area contributed by atoms with E-state index in [-0.39, 0.29) is 0 Å². The number of imidazole rings is 1. The third-order valence-corrected chi connectivity index (χ3v) is 4.42. The number of benzene rings is 2. The fourth-order valence-electron chi connectivity index (χ4n) is 3.14. The van der Waals surface area contributed by atoms with Crippen LogP contribution in [0.1, 0.15) is 12.5 Å². The van der Waals surface area contributed by atoms with Crippen molar-refractivity contribution < 1.29 is 14.6 Å². The van der Waals surface area contributed by atoms with Gasteiger partial charge in [0.05, 0.1) is 44.1 Å². The number of hydrogen-bond donors (Lipinski definition) is 1. The molecule has 27 heavy (non-hydrogen) atoms. The van der Waals surface area contributed by atoms with Crippen molar-refractivity contribution in [3.8, 4) is 28.3 Å². The molecular weight excluding hydrogens is 340 g/mol. The number of rotatable bonds is 8. The SMILES string of the molecule is CCOC[C@@H](O)Cn1cnc(-c2ccccc2)c1-c1ccc(C)cc1OC. The molecule has 0 saturated heterocycles. The third kappa shape index (κ3) is 4.38. The first kappa shape index (κ1) is 19.1. The number of methoxy groups -OCH3 is 1. The minimum Gasteiger partial charge on any atom is -0.496 e. The van der Waals surface area contributed by atoms with Crippen molar-refractivity contribution in [3.63, 3.8) is 0 Å². The van der Waals surface area contributed by atoms with Gasteiger partial charge in [-0.1, -0.05) is 36.4 Å². The van der Waals surface area contributed by atoms with E-state index in [0.29, 0.717) is 19.8 Å². The summed E-state index contributed by atoms with van der Waals surface area (Å²) in [5, 5.41) is 10.4. The maximum absolute atomic E-state index is 10.4. The fraction of sp³-hybridized carbons (Fsp3) is 0.318. The number of aryl methyl sites for hydroxylation is 1. The summed E-state index contributed by atoms with van der Waals surface area (Å²) in [5.41, 5.74) is 4.88. The normalized spacial score (nSPS) is 12.1. The van der Waals surface area contributed by atoms with Gasteiger partial charge < -0.3 is 19.1 Å². The average molecular weight is 366 g/mol. The first-order chi connectivity index (χ1) is 13.1. The quantitative estimate of drug-likeness (QED) is 0.656. The molecule has 0 amide bonds. The van der Waals surface area contributed by atoms with Gasteiger partial charge in [0, 0.05) is 17.7 Å². The number of aliphatic hydroxyl groups excluding tert-OH is 1. The van der Waals surface area contributed by atoms with Gasteiger partial charge >= 0.3 is 0 Å². The summed E-state index contributed by atoms with van der Waals surface area (Å²) in [7, 11) is 1.67. The summed E-state index contributed by atoms with van der Waals surface area (Å²) in [6.07, 6.45) is 1.16. The molecule has 3 rings (SSSR count). The van der Waals surface area contributed by atoms with E-state index in [1.807, 2.05) is 60.9 Å². The van der Waals surface area contributed by atoms with E-state index in [0.717, 1.165) is 33.8 Å². The minimum atomic E-state index is -0.613. The highest BCUT2D eigenvalue weighted by Crippen LogP contribution is 2.37. The Labute approximate surface area is 160 Å². The van der Waals surface area contributed by atoms with Gasteiger partial charge in [-0.25, -0.2) is 4.98 Å². The summed E-state index contributed by atoms with van der Waals surface area (Å²) < 4.78 is 13.0. The van der Waals surface area contributed by atoms with E-state index < -0.39 is 6.10 Å². The maximum atomic E-state index is 10.4. The van der Waals surface area contributed by atoms with Crippen LogP contribution < -0.4 is 4.74 Å². The van der Waals surface area contributed by atoms with E-state index in [1.54, 1.807) is 13.4 Å². The molecular formula is C22H26N2O3. The molecule has 3 aromatic rings. The standard InChI is InChI=1S/C22H26N2O3/c1-4-27-14-18(25)13-24-15-23-21(17-8-6-5-7-9-17)22(24)19-11-10-16(2)12-20(19)26-3/h5-12,15,18,25H,4,13-14H2,1-3H3/t18-/m0/s1. The molecule has 0 radical (unpaired) electrons. The minimum absolute atomic E-state index is 0.291. The number of aromatic nitrogens is 2. The van der Waals surface area contributed by atoms with Crippen molar-refractivity contribution in [3.05, 3.63) is 60.4 Å². The van der Waals surface area contributed by atoms with E-state index >= 15 is 0 Å². The Kier molecular flexibility index (Phi) is 6.27. The molecule has 2 aromatic carbocycles. The molecule has 1 atom stereocenters. The lowest BCUT2D eigenvalue weighted by molar-refractivity contribution is 0.0337. The largest absolute Gasteiger partial charge is 0.496 e. The molecule has 1 N–H and O–H groups in total. The molecule has 0 bridgehead atoms.